The quantitative estimate of drug-likeness (QED) is 0.517. The minimum atomic E-state index is -1.36. The number of rotatable bonds is 3. The molecule has 4 N–H and O–H groups in total. The highest BCUT2D eigenvalue weighted by Gasteiger charge is 2.48. The van der Waals surface area contributed by atoms with Gasteiger partial charge in [-0.15, -0.1) is 0 Å². The molecule has 2 saturated heterocycles. The molecule has 1 aromatic rings. The standard InChI is InChI=1S/C16H25N2O5/c1-17-6-3-5-11(17)10-4-2-7-18(8-10)16-15(22)14(21)13(20)12(9-19)23-16/h2,4,7-8,11-16,19-22H,3,5-6,9H2,1H3/q+1/t11?,12?,13-,14?,15+,16-/m1/s1. The van der Waals surface area contributed by atoms with E-state index in [0.29, 0.717) is 6.04 Å². The van der Waals surface area contributed by atoms with Gasteiger partial charge in [0.25, 0.3) is 6.23 Å². The fraction of sp³-hybridized carbons (Fsp3) is 0.688. The minimum absolute atomic E-state index is 0.326. The van der Waals surface area contributed by atoms with E-state index in [9.17, 15) is 20.4 Å². The molecule has 0 bridgehead atoms. The van der Waals surface area contributed by atoms with E-state index in [1.165, 1.54) is 0 Å². The summed E-state index contributed by atoms with van der Waals surface area (Å²) in [6.45, 7) is 0.632. The monoisotopic (exact) mass is 325 g/mol. The average molecular weight is 325 g/mol. The van der Waals surface area contributed by atoms with Crippen LogP contribution in [0.4, 0.5) is 0 Å². The van der Waals surface area contributed by atoms with Crippen molar-refractivity contribution in [1.29, 1.82) is 0 Å². The lowest BCUT2D eigenvalue weighted by Crippen LogP contribution is -2.62. The number of pyridine rings is 1. The third-order valence-corrected chi connectivity index (χ3v) is 4.91. The molecule has 7 nitrogen and oxygen atoms in total. The van der Waals surface area contributed by atoms with Gasteiger partial charge in [0, 0.05) is 17.7 Å². The highest BCUT2D eigenvalue weighted by Crippen LogP contribution is 2.30. The number of aromatic nitrogens is 1. The topological polar surface area (TPSA) is 97.3 Å². The first kappa shape index (κ1) is 16.8. The summed E-state index contributed by atoms with van der Waals surface area (Å²) in [6, 6.07) is 4.24. The normalized spacial score (nSPS) is 38.8. The fourth-order valence-corrected chi connectivity index (χ4v) is 3.53. The first-order chi connectivity index (χ1) is 11.0. The summed E-state index contributed by atoms with van der Waals surface area (Å²) < 4.78 is 7.30. The van der Waals surface area contributed by atoms with Crippen molar-refractivity contribution in [2.24, 2.45) is 0 Å². The zero-order valence-electron chi connectivity index (χ0n) is 13.2. The van der Waals surface area contributed by atoms with E-state index in [4.69, 9.17) is 4.74 Å². The fourth-order valence-electron chi connectivity index (χ4n) is 3.53. The Morgan fingerprint density at radius 2 is 2.04 bits per heavy atom. The van der Waals surface area contributed by atoms with E-state index in [1.807, 2.05) is 18.3 Å². The largest absolute Gasteiger partial charge is 0.394 e. The Morgan fingerprint density at radius 1 is 1.26 bits per heavy atom. The van der Waals surface area contributed by atoms with Crippen LogP contribution in [0.2, 0.25) is 0 Å². The Labute approximate surface area is 135 Å². The molecule has 128 valence electrons. The zero-order valence-corrected chi connectivity index (χ0v) is 13.2. The minimum Gasteiger partial charge on any atom is -0.394 e. The van der Waals surface area contributed by atoms with Crippen LogP contribution in [0.3, 0.4) is 0 Å². The van der Waals surface area contributed by atoms with Gasteiger partial charge in [0.05, 0.1) is 6.61 Å². The second-order valence-electron chi connectivity index (χ2n) is 6.44. The molecule has 2 fully saturated rings. The summed E-state index contributed by atoms with van der Waals surface area (Å²) in [5.41, 5.74) is 1.12. The highest BCUT2D eigenvalue weighted by atomic mass is 16.6. The van der Waals surface area contributed by atoms with Crippen molar-refractivity contribution in [1.82, 2.24) is 4.90 Å². The maximum atomic E-state index is 10.2. The summed E-state index contributed by atoms with van der Waals surface area (Å²) in [5.74, 6) is 0. The summed E-state index contributed by atoms with van der Waals surface area (Å²) in [4.78, 5) is 2.28. The molecule has 0 radical (unpaired) electrons. The van der Waals surface area contributed by atoms with Crippen LogP contribution in [0.15, 0.2) is 24.5 Å². The molecule has 0 aromatic carbocycles. The molecule has 3 heterocycles. The van der Waals surface area contributed by atoms with Crippen LogP contribution in [0, 0.1) is 0 Å². The number of ether oxygens (including phenoxy) is 1. The maximum absolute atomic E-state index is 10.2. The molecular formula is C16H25N2O5+. The van der Waals surface area contributed by atoms with Crippen molar-refractivity contribution in [2.45, 2.75) is 49.5 Å². The van der Waals surface area contributed by atoms with Crippen molar-refractivity contribution in [2.75, 3.05) is 20.2 Å². The molecule has 23 heavy (non-hydrogen) atoms. The van der Waals surface area contributed by atoms with E-state index in [2.05, 4.69) is 11.9 Å². The summed E-state index contributed by atoms with van der Waals surface area (Å²) in [5, 5.41) is 39.3. The summed E-state index contributed by atoms with van der Waals surface area (Å²) >= 11 is 0. The molecule has 6 atom stereocenters. The van der Waals surface area contributed by atoms with Crippen molar-refractivity contribution >= 4 is 0 Å². The van der Waals surface area contributed by atoms with Crippen LogP contribution < -0.4 is 4.57 Å². The van der Waals surface area contributed by atoms with Crippen LogP contribution in [0.1, 0.15) is 30.7 Å². The second-order valence-corrected chi connectivity index (χ2v) is 6.44. The van der Waals surface area contributed by atoms with Crippen molar-refractivity contribution in [3.8, 4) is 0 Å². The van der Waals surface area contributed by atoms with Crippen molar-refractivity contribution in [3.63, 3.8) is 0 Å². The van der Waals surface area contributed by atoms with Gasteiger partial charge in [0.15, 0.2) is 18.5 Å². The molecule has 3 unspecified atom stereocenters. The van der Waals surface area contributed by atoms with Gasteiger partial charge in [-0.25, -0.2) is 0 Å². The van der Waals surface area contributed by atoms with E-state index in [-0.39, 0.29) is 0 Å². The van der Waals surface area contributed by atoms with E-state index >= 15 is 0 Å². The molecular weight excluding hydrogens is 300 g/mol. The summed E-state index contributed by atoms with van der Waals surface area (Å²) in [6.07, 6.45) is 0.165. The third-order valence-electron chi connectivity index (χ3n) is 4.91. The van der Waals surface area contributed by atoms with Crippen LogP contribution in [0.5, 0.6) is 0 Å². The Kier molecular flexibility index (Phi) is 4.96. The molecule has 2 aliphatic heterocycles. The lowest BCUT2D eigenvalue weighted by atomic mass is 9.98. The highest BCUT2D eigenvalue weighted by molar-refractivity contribution is 5.13. The molecule has 2 aliphatic rings. The maximum Gasteiger partial charge on any atom is 0.292 e. The Morgan fingerprint density at radius 3 is 2.70 bits per heavy atom. The van der Waals surface area contributed by atoms with Gasteiger partial charge >= 0.3 is 0 Å². The molecule has 1 aromatic heterocycles. The zero-order chi connectivity index (χ0) is 16.6. The number of nitrogens with zero attached hydrogens (tertiary/aromatic N) is 2. The van der Waals surface area contributed by atoms with Gasteiger partial charge in [-0.3, -0.25) is 4.90 Å². The van der Waals surface area contributed by atoms with Gasteiger partial charge in [0.2, 0.25) is 0 Å². The van der Waals surface area contributed by atoms with Crippen molar-refractivity contribution in [3.05, 3.63) is 30.1 Å². The SMILES string of the molecule is CN1CCCC1c1ccc[n+]([C@@H]2OC(CO)[C@@H](O)C(O)[C@@H]2O)c1. The number of hydrogen-bond acceptors (Lipinski definition) is 6. The molecule has 0 aliphatic carbocycles. The number of likely N-dealkylation sites (tertiary alicyclic amines) is 1. The smallest absolute Gasteiger partial charge is 0.292 e. The molecule has 3 rings (SSSR count). The van der Waals surface area contributed by atoms with Crippen LogP contribution in [-0.2, 0) is 4.74 Å². The van der Waals surface area contributed by atoms with Crippen LogP contribution in [-0.4, -0.2) is 69.9 Å². The van der Waals surface area contributed by atoms with Gasteiger partial charge in [-0.1, -0.05) is 0 Å². The molecule has 7 heteroatoms. The Bertz CT molecular complexity index is 541. The molecule has 0 saturated carbocycles. The van der Waals surface area contributed by atoms with E-state index in [1.54, 1.807) is 10.8 Å². The Balaban J connectivity index is 1.85. The third kappa shape index (κ3) is 3.13. The predicted molar refractivity (Wildman–Crippen MR) is 80.3 cm³/mol. The average Bonchev–Trinajstić information content (AvgIpc) is 2.99. The first-order valence-electron chi connectivity index (χ1n) is 8.04. The van der Waals surface area contributed by atoms with Gasteiger partial charge in [-0.2, -0.15) is 4.57 Å². The van der Waals surface area contributed by atoms with Crippen LogP contribution in [0.25, 0.3) is 0 Å². The number of aliphatic hydroxyl groups is 4. The van der Waals surface area contributed by atoms with Crippen molar-refractivity contribution < 1.29 is 29.7 Å². The lowest BCUT2D eigenvalue weighted by molar-refractivity contribution is -0.778. The van der Waals surface area contributed by atoms with E-state index in [0.717, 1.165) is 24.9 Å². The van der Waals surface area contributed by atoms with E-state index < -0.39 is 37.3 Å². The lowest BCUT2D eigenvalue weighted by Gasteiger charge is -2.36. The Hall–Kier alpha value is -1.09. The van der Waals surface area contributed by atoms with Crippen LogP contribution >= 0.6 is 0 Å². The summed E-state index contributed by atoms with van der Waals surface area (Å²) in [7, 11) is 2.09. The molecule has 0 spiro atoms. The molecule has 0 amide bonds. The van der Waals surface area contributed by atoms with Gasteiger partial charge < -0.3 is 25.2 Å². The number of hydrogen-bond donors (Lipinski definition) is 4. The number of aliphatic hydroxyl groups excluding tert-OH is 4. The second kappa shape index (κ2) is 6.80. The predicted octanol–water partition coefficient (Wildman–Crippen LogP) is -1.29. The van der Waals surface area contributed by atoms with Gasteiger partial charge in [0.1, 0.15) is 18.3 Å². The van der Waals surface area contributed by atoms with Gasteiger partial charge in [-0.05, 0) is 32.5 Å². The first-order valence-corrected chi connectivity index (χ1v) is 8.04.